The maximum atomic E-state index is 12.9. The van der Waals surface area contributed by atoms with Crippen molar-refractivity contribution in [3.63, 3.8) is 0 Å². The van der Waals surface area contributed by atoms with Gasteiger partial charge in [0.2, 0.25) is 0 Å². The highest BCUT2D eigenvalue weighted by molar-refractivity contribution is 9.10. The van der Waals surface area contributed by atoms with Gasteiger partial charge in [0.1, 0.15) is 0 Å². The summed E-state index contributed by atoms with van der Waals surface area (Å²) in [5, 5.41) is 1.76. The van der Waals surface area contributed by atoms with Crippen LogP contribution in [-0.2, 0) is 14.0 Å². The number of carbonyl (C=O) groups is 1. The minimum atomic E-state index is -3.08. The smallest absolute Gasteiger partial charge is 0.420 e. The lowest BCUT2D eigenvalue weighted by atomic mass is 10.1. The highest BCUT2D eigenvalue weighted by atomic mass is 79.9. The Labute approximate surface area is 210 Å². The van der Waals surface area contributed by atoms with Gasteiger partial charge in [-0.15, -0.1) is 0 Å². The molecule has 0 saturated carbocycles. The second kappa shape index (κ2) is 11.1. The summed E-state index contributed by atoms with van der Waals surface area (Å²) in [7, 11) is -3.08. The number of rotatable bonds is 8. The third-order valence-electron chi connectivity index (χ3n) is 5.70. The van der Waals surface area contributed by atoms with Crippen LogP contribution in [0.3, 0.4) is 0 Å². The molecular formula is C27H29BrN2O3Si. The fourth-order valence-corrected chi connectivity index (χ4v) is 9.26. The summed E-state index contributed by atoms with van der Waals surface area (Å²) in [6, 6.07) is 27.7. The van der Waals surface area contributed by atoms with Crippen molar-refractivity contribution >= 4 is 46.3 Å². The van der Waals surface area contributed by atoms with Crippen molar-refractivity contribution in [3.8, 4) is 0 Å². The number of ether oxygens (including phenoxy) is 1. The van der Waals surface area contributed by atoms with Crippen molar-refractivity contribution in [2.45, 2.75) is 38.8 Å². The Balaban J connectivity index is 2.33. The molecule has 0 aliphatic rings. The zero-order valence-corrected chi connectivity index (χ0v) is 22.5. The maximum absolute atomic E-state index is 12.9. The predicted molar refractivity (Wildman–Crippen MR) is 141 cm³/mol. The molecule has 1 unspecified atom stereocenters. The number of hydrogen-bond acceptors (Lipinski definition) is 3. The Morgan fingerprint density at radius 1 is 0.971 bits per heavy atom. The van der Waals surface area contributed by atoms with Gasteiger partial charge in [-0.05, 0) is 40.0 Å². The molecule has 0 N–H and O–H groups in total. The van der Waals surface area contributed by atoms with Gasteiger partial charge in [-0.3, -0.25) is 0 Å². The van der Waals surface area contributed by atoms with E-state index >= 15 is 0 Å². The highest BCUT2D eigenvalue weighted by Gasteiger charge is 2.54. The van der Waals surface area contributed by atoms with Crippen LogP contribution in [-0.4, -0.2) is 31.4 Å². The monoisotopic (exact) mass is 536 g/mol. The quantitative estimate of drug-likeness (QED) is 0.129. The molecule has 3 aromatic rings. The van der Waals surface area contributed by atoms with Crippen LogP contribution in [0, 0.1) is 0 Å². The average molecular weight is 538 g/mol. The molecule has 0 fully saturated rings. The zero-order chi connectivity index (χ0) is 24.8. The van der Waals surface area contributed by atoms with Crippen LogP contribution in [0.5, 0.6) is 0 Å². The van der Waals surface area contributed by atoms with Gasteiger partial charge in [-0.2, -0.15) is 4.79 Å². The molecule has 0 radical (unpaired) electrons. The van der Waals surface area contributed by atoms with E-state index in [4.69, 9.17) is 9.16 Å². The Bertz CT molecular complexity index is 1130. The first kappa shape index (κ1) is 25.8. The first-order valence-electron chi connectivity index (χ1n) is 11.2. The van der Waals surface area contributed by atoms with Crippen molar-refractivity contribution in [3.05, 3.63) is 100 Å². The summed E-state index contributed by atoms with van der Waals surface area (Å²) in [4.78, 5) is 16.3. The summed E-state index contributed by atoms with van der Waals surface area (Å²) < 4.78 is 13.2. The number of benzene rings is 3. The summed E-state index contributed by atoms with van der Waals surface area (Å²) >= 11 is 3.52. The van der Waals surface area contributed by atoms with Crippen molar-refractivity contribution in [1.29, 1.82) is 0 Å². The van der Waals surface area contributed by atoms with Crippen LogP contribution in [0.4, 0.5) is 0 Å². The van der Waals surface area contributed by atoms with Gasteiger partial charge >= 0.3 is 11.7 Å². The minimum Gasteiger partial charge on any atom is -0.457 e. The molecule has 34 heavy (non-hydrogen) atoms. The molecule has 3 rings (SSSR count). The standard InChI is InChI=1S/C27H29BrN2O3Si/c1-5-32-26(31)24(30-29)25(20-13-12-14-21(28)19-20)33-34(27(2,3)4,22-15-8-6-9-16-22)23-17-10-7-11-18-23/h6-19,25H,5H2,1-4H3. The van der Waals surface area contributed by atoms with Gasteiger partial charge < -0.3 is 14.7 Å². The second-order valence-corrected chi connectivity index (χ2v) is 14.1. The SMILES string of the molecule is CCOC(=O)C(=[N+]=[N-])C(O[Si](c1ccccc1)(c1ccccc1)C(C)(C)C)c1cccc(Br)c1. The van der Waals surface area contributed by atoms with Crippen LogP contribution in [0.2, 0.25) is 5.04 Å². The fraction of sp³-hybridized carbons (Fsp3) is 0.259. The van der Waals surface area contributed by atoms with Crippen molar-refractivity contribution in [2.24, 2.45) is 0 Å². The maximum Gasteiger partial charge on any atom is 0.420 e. The third kappa shape index (κ3) is 5.29. The van der Waals surface area contributed by atoms with Gasteiger partial charge in [0, 0.05) is 4.47 Å². The Kier molecular flexibility index (Phi) is 8.39. The lowest BCUT2D eigenvalue weighted by Gasteiger charge is -2.44. The molecule has 0 aliphatic carbocycles. The molecule has 5 nitrogen and oxygen atoms in total. The normalized spacial score (nSPS) is 12.5. The molecule has 3 aromatic carbocycles. The molecule has 0 spiro atoms. The van der Waals surface area contributed by atoms with Crippen molar-refractivity contribution in [2.75, 3.05) is 6.61 Å². The summed E-state index contributed by atoms with van der Waals surface area (Å²) in [6.45, 7) is 8.32. The van der Waals surface area contributed by atoms with Crippen molar-refractivity contribution in [1.82, 2.24) is 0 Å². The molecule has 0 heterocycles. The molecule has 1 atom stereocenters. The predicted octanol–water partition coefficient (Wildman–Crippen LogP) is 5.30. The molecule has 0 aliphatic heterocycles. The van der Waals surface area contributed by atoms with Crippen LogP contribution in [0.1, 0.15) is 39.4 Å². The van der Waals surface area contributed by atoms with Crippen LogP contribution in [0.25, 0.3) is 5.53 Å². The van der Waals surface area contributed by atoms with Gasteiger partial charge in [-0.25, -0.2) is 4.79 Å². The number of nitrogens with zero attached hydrogens (tertiary/aromatic N) is 2. The van der Waals surface area contributed by atoms with Gasteiger partial charge in [-0.1, -0.05) is 109 Å². The van der Waals surface area contributed by atoms with Gasteiger partial charge in [0.05, 0.1) is 6.61 Å². The molecular weight excluding hydrogens is 508 g/mol. The fourth-order valence-electron chi connectivity index (χ4n) is 4.22. The summed E-state index contributed by atoms with van der Waals surface area (Å²) in [5.74, 6) is -0.715. The van der Waals surface area contributed by atoms with E-state index in [0.717, 1.165) is 14.8 Å². The molecule has 7 heteroatoms. The van der Waals surface area contributed by atoms with Gasteiger partial charge in [0.15, 0.2) is 6.10 Å². The number of halogens is 1. The van der Waals surface area contributed by atoms with E-state index in [9.17, 15) is 10.3 Å². The number of esters is 1. The minimum absolute atomic E-state index is 0.155. The summed E-state index contributed by atoms with van der Waals surface area (Å²) in [6.07, 6.45) is -0.951. The van der Waals surface area contributed by atoms with E-state index in [1.165, 1.54) is 0 Å². The Hall–Kier alpha value is -2.83. The van der Waals surface area contributed by atoms with Crippen LogP contribution >= 0.6 is 15.9 Å². The second-order valence-electron chi connectivity index (χ2n) is 8.92. The first-order chi connectivity index (χ1) is 16.2. The van der Waals surface area contributed by atoms with Crippen LogP contribution in [0.15, 0.2) is 89.4 Å². The van der Waals surface area contributed by atoms with E-state index in [2.05, 4.69) is 65.8 Å². The van der Waals surface area contributed by atoms with Gasteiger partial charge in [0.25, 0.3) is 8.32 Å². The molecule has 0 saturated heterocycles. The Morgan fingerprint density at radius 2 is 1.53 bits per heavy atom. The molecule has 0 aromatic heterocycles. The first-order valence-corrected chi connectivity index (χ1v) is 13.9. The molecule has 176 valence electrons. The van der Waals surface area contributed by atoms with E-state index in [-0.39, 0.29) is 17.4 Å². The van der Waals surface area contributed by atoms with E-state index < -0.39 is 20.4 Å². The number of hydrogen-bond donors (Lipinski definition) is 0. The zero-order valence-electron chi connectivity index (χ0n) is 19.9. The lowest BCUT2D eigenvalue weighted by molar-refractivity contribution is -0.141. The third-order valence-corrected chi connectivity index (χ3v) is 11.2. The highest BCUT2D eigenvalue weighted by Crippen LogP contribution is 2.40. The van der Waals surface area contributed by atoms with E-state index in [1.54, 1.807) is 6.92 Å². The average Bonchev–Trinajstić information content (AvgIpc) is 2.82. The summed E-state index contributed by atoms with van der Waals surface area (Å²) in [5.41, 5.74) is 10.5. The Morgan fingerprint density at radius 3 is 1.97 bits per heavy atom. The topological polar surface area (TPSA) is 71.9 Å². The molecule has 0 bridgehead atoms. The molecule has 0 amide bonds. The largest absolute Gasteiger partial charge is 0.457 e. The van der Waals surface area contributed by atoms with E-state index in [0.29, 0.717) is 5.56 Å². The van der Waals surface area contributed by atoms with E-state index in [1.807, 2.05) is 60.7 Å². The van der Waals surface area contributed by atoms with Crippen LogP contribution < -0.4 is 10.4 Å². The number of carbonyl (C=O) groups excluding carboxylic acids is 1. The lowest BCUT2D eigenvalue weighted by Crippen LogP contribution is -2.67. The van der Waals surface area contributed by atoms with Crippen molar-refractivity contribution < 1.29 is 18.7 Å².